The van der Waals surface area contributed by atoms with E-state index in [1.165, 1.54) is 6.42 Å². The number of nitrogens with two attached hydrogens (primary N) is 1. The SMILES string of the molecule is COCc1nc(C2(N)CCCCC2)no1. The molecular weight excluding hydrogens is 194 g/mol. The summed E-state index contributed by atoms with van der Waals surface area (Å²) >= 11 is 0. The molecule has 0 bridgehead atoms. The fraction of sp³-hybridized carbons (Fsp3) is 0.800. The molecule has 1 heterocycles. The van der Waals surface area contributed by atoms with Crippen LogP contribution in [0, 0.1) is 0 Å². The first-order valence-corrected chi connectivity index (χ1v) is 5.35. The Bertz CT molecular complexity index is 318. The average Bonchev–Trinajstić information content (AvgIpc) is 2.69. The highest BCUT2D eigenvalue weighted by Gasteiger charge is 2.34. The van der Waals surface area contributed by atoms with Crippen LogP contribution in [0.5, 0.6) is 0 Å². The van der Waals surface area contributed by atoms with Crippen molar-refractivity contribution in [1.29, 1.82) is 0 Å². The Kier molecular flexibility index (Phi) is 3.02. The number of nitrogens with zero attached hydrogens (tertiary/aromatic N) is 2. The van der Waals surface area contributed by atoms with Crippen molar-refractivity contribution in [3.63, 3.8) is 0 Å². The van der Waals surface area contributed by atoms with E-state index in [-0.39, 0.29) is 5.54 Å². The van der Waals surface area contributed by atoms with Crippen molar-refractivity contribution in [2.75, 3.05) is 7.11 Å². The van der Waals surface area contributed by atoms with Crippen LogP contribution >= 0.6 is 0 Å². The van der Waals surface area contributed by atoms with Gasteiger partial charge in [-0.15, -0.1) is 0 Å². The van der Waals surface area contributed by atoms with Gasteiger partial charge in [0.1, 0.15) is 6.61 Å². The summed E-state index contributed by atoms with van der Waals surface area (Å²) in [5, 5.41) is 3.94. The molecule has 0 aliphatic heterocycles. The molecule has 0 spiro atoms. The predicted molar refractivity (Wildman–Crippen MR) is 54.0 cm³/mol. The molecule has 1 aromatic heterocycles. The summed E-state index contributed by atoms with van der Waals surface area (Å²) in [6.45, 7) is 0.350. The van der Waals surface area contributed by atoms with Crippen molar-refractivity contribution in [3.8, 4) is 0 Å². The predicted octanol–water partition coefficient (Wildman–Crippen LogP) is 1.33. The Morgan fingerprint density at radius 3 is 2.80 bits per heavy atom. The first-order valence-electron chi connectivity index (χ1n) is 5.35. The van der Waals surface area contributed by atoms with Gasteiger partial charge in [-0.25, -0.2) is 0 Å². The van der Waals surface area contributed by atoms with Gasteiger partial charge in [-0.1, -0.05) is 24.4 Å². The summed E-state index contributed by atoms with van der Waals surface area (Å²) in [6.07, 6.45) is 5.43. The summed E-state index contributed by atoms with van der Waals surface area (Å²) in [4.78, 5) is 4.27. The van der Waals surface area contributed by atoms with E-state index in [9.17, 15) is 0 Å². The average molecular weight is 211 g/mol. The van der Waals surface area contributed by atoms with Crippen LogP contribution in [0.25, 0.3) is 0 Å². The maximum Gasteiger partial charge on any atom is 0.252 e. The third-order valence-electron chi connectivity index (χ3n) is 2.93. The molecule has 1 fully saturated rings. The highest BCUT2D eigenvalue weighted by Crippen LogP contribution is 2.32. The number of hydrogen-bond acceptors (Lipinski definition) is 5. The van der Waals surface area contributed by atoms with Gasteiger partial charge in [0, 0.05) is 7.11 Å². The maximum atomic E-state index is 6.26. The van der Waals surface area contributed by atoms with Crippen molar-refractivity contribution in [1.82, 2.24) is 10.1 Å². The largest absolute Gasteiger partial charge is 0.375 e. The van der Waals surface area contributed by atoms with E-state index in [0.717, 1.165) is 25.7 Å². The van der Waals surface area contributed by atoms with Crippen molar-refractivity contribution >= 4 is 0 Å². The molecule has 5 heteroatoms. The van der Waals surface area contributed by atoms with Crippen LogP contribution < -0.4 is 5.73 Å². The van der Waals surface area contributed by atoms with E-state index in [2.05, 4.69) is 10.1 Å². The second-order valence-corrected chi connectivity index (χ2v) is 4.16. The zero-order chi connectivity index (χ0) is 10.7. The highest BCUT2D eigenvalue weighted by molar-refractivity contribution is 5.05. The molecule has 0 saturated heterocycles. The van der Waals surface area contributed by atoms with Crippen LogP contribution in [0.4, 0.5) is 0 Å². The lowest BCUT2D eigenvalue weighted by atomic mass is 9.82. The van der Waals surface area contributed by atoms with Crippen molar-refractivity contribution in [2.24, 2.45) is 5.73 Å². The van der Waals surface area contributed by atoms with Gasteiger partial charge in [0.05, 0.1) is 5.54 Å². The molecule has 1 aliphatic carbocycles. The number of aromatic nitrogens is 2. The van der Waals surface area contributed by atoms with Crippen LogP contribution in [0.2, 0.25) is 0 Å². The number of ether oxygens (including phenoxy) is 1. The van der Waals surface area contributed by atoms with E-state index in [1.54, 1.807) is 7.11 Å². The van der Waals surface area contributed by atoms with Gasteiger partial charge in [-0.3, -0.25) is 0 Å². The van der Waals surface area contributed by atoms with E-state index in [0.29, 0.717) is 18.3 Å². The molecule has 15 heavy (non-hydrogen) atoms. The van der Waals surface area contributed by atoms with Gasteiger partial charge in [0.2, 0.25) is 0 Å². The van der Waals surface area contributed by atoms with Gasteiger partial charge >= 0.3 is 0 Å². The molecule has 1 aromatic rings. The molecule has 2 rings (SSSR count). The van der Waals surface area contributed by atoms with E-state index in [1.807, 2.05) is 0 Å². The lowest BCUT2D eigenvalue weighted by Gasteiger charge is -2.29. The van der Waals surface area contributed by atoms with Crippen LogP contribution in [-0.4, -0.2) is 17.3 Å². The lowest BCUT2D eigenvalue weighted by Crippen LogP contribution is -2.39. The Labute approximate surface area is 89.0 Å². The van der Waals surface area contributed by atoms with Crippen LogP contribution in [0.1, 0.15) is 43.8 Å². The van der Waals surface area contributed by atoms with Gasteiger partial charge in [-0.05, 0) is 12.8 Å². The third-order valence-corrected chi connectivity index (χ3v) is 2.93. The topological polar surface area (TPSA) is 74.2 Å². The Balaban J connectivity index is 2.12. The second kappa shape index (κ2) is 4.28. The van der Waals surface area contributed by atoms with E-state index >= 15 is 0 Å². The molecule has 1 saturated carbocycles. The minimum Gasteiger partial charge on any atom is -0.375 e. The molecule has 0 amide bonds. The second-order valence-electron chi connectivity index (χ2n) is 4.16. The van der Waals surface area contributed by atoms with E-state index < -0.39 is 0 Å². The molecule has 1 aliphatic rings. The van der Waals surface area contributed by atoms with Crippen LogP contribution in [0.15, 0.2) is 4.52 Å². The number of methoxy groups -OCH3 is 1. The summed E-state index contributed by atoms with van der Waals surface area (Å²) in [5.74, 6) is 1.14. The van der Waals surface area contributed by atoms with Crippen LogP contribution in [0.3, 0.4) is 0 Å². The summed E-state index contributed by atoms with van der Waals surface area (Å²) in [7, 11) is 1.60. The lowest BCUT2D eigenvalue weighted by molar-refractivity contribution is 0.151. The van der Waals surface area contributed by atoms with Crippen LogP contribution in [-0.2, 0) is 16.9 Å². The molecular formula is C10H17N3O2. The molecule has 2 N–H and O–H groups in total. The fourth-order valence-corrected chi connectivity index (χ4v) is 2.05. The monoisotopic (exact) mass is 211 g/mol. The fourth-order valence-electron chi connectivity index (χ4n) is 2.05. The quantitative estimate of drug-likeness (QED) is 0.816. The number of hydrogen-bond donors (Lipinski definition) is 1. The normalized spacial score (nSPS) is 20.4. The molecule has 0 aromatic carbocycles. The molecule has 84 valence electrons. The van der Waals surface area contributed by atoms with E-state index in [4.69, 9.17) is 15.0 Å². The van der Waals surface area contributed by atoms with Gasteiger partial charge in [0.15, 0.2) is 5.82 Å². The Hall–Kier alpha value is -0.940. The zero-order valence-electron chi connectivity index (χ0n) is 9.03. The summed E-state index contributed by atoms with van der Waals surface area (Å²) in [6, 6.07) is 0. The minimum absolute atomic E-state index is 0.350. The number of rotatable bonds is 3. The highest BCUT2D eigenvalue weighted by atomic mass is 16.5. The van der Waals surface area contributed by atoms with Gasteiger partial charge in [0.25, 0.3) is 5.89 Å². The third kappa shape index (κ3) is 2.18. The standard InChI is InChI=1S/C10H17N3O2/c1-14-7-8-12-9(13-15-8)10(11)5-3-2-4-6-10/h2-7,11H2,1H3. The zero-order valence-corrected chi connectivity index (χ0v) is 9.03. The van der Waals surface area contributed by atoms with Gasteiger partial charge < -0.3 is 15.0 Å². The Morgan fingerprint density at radius 1 is 1.40 bits per heavy atom. The van der Waals surface area contributed by atoms with Crippen molar-refractivity contribution in [2.45, 2.75) is 44.2 Å². The molecule has 0 radical (unpaired) electrons. The molecule has 0 unspecified atom stereocenters. The van der Waals surface area contributed by atoms with Crippen molar-refractivity contribution < 1.29 is 9.26 Å². The maximum absolute atomic E-state index is 6.26. The first-order chi connectivity index (χ1) is 7.24. The summed E-state index contributed by atoms with van der Waals surface area (Å²) in [5.41, 5.74) is 5.88. The minimum atomic E-state index is -0.381. The molecule has 5 nitrogen and oxygen atoms in total. The smallest absolute Gasteiger partial charge is 0.252 e. The first kappa shape index (κ1) is 10.6. The summed E-state index contributed by atoms with van der Waals surface area (Å²) < 4.78 is 9.98. The van der Waals surface area contributed by atoms with Gasteiger partial charge in [-0.2, -0.15) is 4.98 Å². The Morgan fingerprint density at radius 2 is 2.13 bits per heavy atom. The molecule has 0 atom stereocenters. The van der Waals surface area contributed by atoms with Crippen molar-refractivity contribution in [3.05, 3.63) is 11.7 Å².